The highest BCUT2D eigenvalue weighted by atomic mass is 79.9. The first-order chi connectivity index (χ1) is 15.2. The lowest BCUT2D eigenvalue weighted by Gasteiger charge is -2.31. The van der Waals surface area contributed by atoms with Gasteiger partial charge in [-0.05, 0) is 61.6 Å². The van der Waals surface area contributed by atoms with Gasteiger partial charge in [0.05, 0.1) is 14.2 Å². The van der Waals surface area contributed by atoms with Crippen LogP contribution < -0.4 is 14.8 Å². The highest BCUT2D eigenvalue weighted by Gasteiger charge is 2.34. The second-order valence-electron chi connectivity index (χ2n) is 7.79. The molecule has 0 saturated carbocycles. The number of methoxy groups -OCH3 is 2. The lowest BCUT2D eigenvalue weighted by atomic mass is 9.96. The third kappa shape index (κ3) is 5.10. The van der Waals surface area contributed by atoms with Crippen molar-refractivity contribution in [2.45, 2.75) is 38.0 Å². The minimum absolute atomic E-state index is 0.0684. The first-order valence-corrected chi connectivity index (χ1v) is 12.8. The molecule has 2 aromatic carbocycles. The normalized spacial score (nSPS) is 15.4. The summed E-state index contributed by atoms with van der Waals surface area (Å²) < 4.78 is 39.3. The quantitative estimate of drug-likeness (QED) is 0.580. The van der Waals surface area contributed by atoms with E-state index in [0.717, 1.165) is 27.7 Å². The maximum absolute atomic E-state index is 13.2. The van der Waals surface area contributed by atoms with Gasteiger partial charge in [-0.15, -0.1) is 0 Å². The van der Waals surface area contributed by atoms with Gasteiger partial charge in [0.25, 0.3) is 0 Å². The van der Waals surface area contributed by atoms with Gasteiger partial charge in [-0.25, -0.2) is 8.42 Å². The molecular formula is C23H29BrN2O5S. The van der Waals surface area contributed by atoms with Crippen molar-refractivity contribution < 1.29 is 22.7 Å². The molecule has 0 bridgehead atoms. The molecule has 3 rings (SSSR count). The fourth-order valence-electron chi connectivity index (χ4n) is 3.98. The van der Waals surface area contributed by atoms with Crippen LogP contribution in [0.3, 0.4) is 0 Å². The molecule has 2 aromatic rings. The predicted octanol–water partition coefficient (Wildman–Crippen LogP) is 4.38. The van der Waals surface area contributed by atoms with E-state index in [4.69, 9.17) is 9.47 Å². The summed E-state index contributed by atoms with van der Waals surface area (Å²) in [5.41, 5.74) is 2.90. The van der Waals surface area contributed by atoms with Gasteiger partial charge in [0.2, 0.25) is 15.9 Å². The monoisotopic (exact) mass is 524 g/mol. The molecular weight excluding hydrogens is 496 g/mol. The minimum Gasteiger partial charge on any atom is -0.497 e. The van der Waals surface area contributed by atoms with Crippen molar-refractivity contribution in [2.24, 2.45) is 5.92 Å². The molecule has 0 spiro atoms. The molecule has 1 N–H and O–H groups in total. The minimum atomic E-state index is -3.78. The number of aryl methyl sites for hydroxylation is 2. The van der Waals surface area contributed by atoms with Gasteiger partial charge < -0.3 is 14.8 Å². The number of hydrogen-bond donors (Lipinski definition) is 1. The number of sulfonamides is 1. The fourth-order valence-corrected chi connectivity index (χ4v) is 6.24. The maximum Gasteiger partial charge on any atom is 0.246 e. The summed E-state index contributed by atoms with van der Waals surface area (Å²) in [7, 11) is -0.854. The highest BCUT2D eigenvalue weighted by molar-refractivity contribution is 9.10. The summed E-state index contributed by atoms with van der Waals surface area (Å²) in [5, 5.41) is 3.08. The van der Waals surface area contributed by atoms with Crippen molar-refractivity contribution in [2.75, 3.05) is 32.6 Å². The van der Waals surface area contributed by atoms with E-state index in [1.807, 2.05) is 26.0 Å². The summed E-state index contributed by atoms with van der Waals surface area (Å²) in [5.74, 6) is 0.390. The van der Waals surface area contributed by atoms with Crippen LogP contribution in [0.15, 0.2) is 39.7 Å². The number of carbonyl (C=O) groups is 1. The number of ether oxygens (including phenoxy) is 2. The number of nitrogens with zero attached hydrogens (tertiary/aromatic N) is 1. The third-order valence-electron chi connectivity index (χ3n) is 5.82. The van der Waals surface area contributed by atoms with Crippen molar-refractivity contribution in [3.63, 3.8) is 0 Å². The molecule has 1 saturated heterocycles. The van der Waals surface area contributed by atoms with Crippen LogP contribution in [0, 0.1) is 12.8 Å². The number of halogens is 1. The van der Waals surface area contributed by atoms with E-state index in [9.17, 15) is 13.2 Å². The average Bonchev–Trinajstić information content (AvgIpc) is 2.80. The molecule has 0 aromatic heterocycles. The van der Waals surface area contributed by atoms with E-state index in [1.165, 1.54) is 24.6 Å². The van der Waals surface area contributed by atoms with Crippen molar-refractivity contribution >= 4 is 37.5 Å². The summed E-state index contributed by atoms with van der Waals surface area (Å²) in [6.45, 7) is 4.55. The zero-order chi connectivity index (χ0) is 23.5. The molecule has 1 aliphatic rings. The maximum atomic E-state index is 13.2. The van der Waals surface area contributed by atoms with Crippen LogP contribution in [0.4, 0.5) is 5.69 Å². The molecule has 174 valence electrons. The zero-order valence-corrected chi connectivity index (χ0v) is 21.2. The number of piperidine rings is 1. The first-order valence-electron chi connectivity index (χ1n) is 10.5. The molecule has 1 amide bonds. The van der Waals surface area contributed by atoms with Crippen LogP contribution >= 0.6 is 15.9 Å². The van der Waals surface area contributed by atoms with Crippen molar-refractivity contribution in [1.82, 2.24) is 4.31 Å². The predicted molar refractivity (Wildman–Crippen MR) is 128 cm³/mol. The Labute approximate surface area is 198 Å². The van der Waals surface area contributed by atoms with E-state index >= 15 is 0 Å². The summed E-state index contributed by atoms with van der Waals surface area (Å²) in [4.78, 5) is 13.0. The highest BCUT2D eigenvalue weighted by Crippen LogP contribution is 2.33. The summed E-state index contributed by atoms with van der Waals surface area (Å²) >= 11 is 3.50. The number of benzene rings is 2. The van der Waals surface area contributed by atoms with Crippen LogP contribution in [-0.4, -0.2) is 45.9 Å². The summed E-state index contributed by atoms with van der Waals surface area (Å²) in [6, 6.07) is 8.70. The smallest absolute Gasteiger partial charge is 0.246 e. The number of nitrogens with one attached hydrogen (secondary N) is 1. The lowest BCUT2D eigenvalue weighted by molar-refractivity contribution is -0.120. The van der Waals surface area contributed by atoms with Crippen LogP contribution in [0.5, 0.6) is 11.5 Å². The molecule has 9 heteroatoms. The third-order valence-corrected chi connectivity index (χ3v) is 8.20. The van der Waals surface area contributed by atoms with E-state index in [-0.39, 0.29) is 35.6 Å². The SMILES string of the molecule is CCc1cc(Br)cc(C)c1NC(=O)C1CCN(S(=O)(=O)c2cc(OC)ccc2OC)CC1. The second kappa shape index (κ2) is 10.2. The van der Waals surface area contributed by atoms with Crippen LogP contribution in [-0.2, 0) is 21.2 Å². The Kier molecular flexibility index (Phi) is 7.84. The van der Waals surface area contributed by atoms with Crippen molar-refractivity contribution in [3.05, 3.63) is 45.9 Å². The molecule has 0 radical (unpaired) electrons. The molecule has 1 fully saturated rings. The van der Waals surface area contributed by atoms with Gasteiger partial charge in [0.15, 0.2) is 0 Å². The largest absolute Gasteiger partial charge is 0.497 e. The molecule has 32 heavy (non-hydrogen) atoms. The second-order valence-corrected chi connectivity index (χ2v) is 10.6. The zero-order valence-electron chi connectivity index (χ0n) is 18.8. The van der Waals surface area contributed by atoms with Crippen molar-refractivity contribution in [3.8, 4) is 11.5 Å². The molecule has 0 unspecified atom stereocenters. The van der Waals surface area contributed by atoms with Crippen LogP contribution in [0.2, 0.25) is 0 Å². The van der Waals surface area contributed by atoms with E-state index in [2.05, 4.69) is 21.2 Å². The Balaban J connectivity index is 1.72. The summed E-state index contributed by atoms with van der Waals surface area (Å²) in [6.07, 6.45) is 1.71. The number of amides is 1. The van der Waals surface area contributed by atoms with Gasteiger partial charge in [-0.2, -0.15) is 4.31 Å². The Morgan fingerprint density at radius 3 is 2.44 bits per heavy atom. The number of rotatable bonds is 7. The lowest BCUT2D eigenvalue weighted by Crippen LogP contribution is -2.41. The van der Waals surface area contributed by atoms with Crippen LogP contribution in [0.25, 0.3) is 0 Å². The topological polar surface area (TPSA) is 84.9 Å². The van der Waals surface area contributed by atoms with Gasteiger partial charge in [0, 0.05) is 35.2 Å². The Bertz CT molecular complexity index is 1100. The molecule has 0 atom stereocenters. The fraction of sp³-hybridized carbons (Fsp3) is 0.435. The van der Waals surface area contributed by atoms with Gasteiger partial charge in [-0.3, -0.25) is 4.79 Å². The Hall–Kier alpha value is -2.10. The first kappa shape index (κ1) is 24.5. The average molecular weight is 525 g/mol. The number of anilines is 1. The number of hydrogen-bond acceptors (Lipinski definition) is 5. The van der Waals surface area contributed by atoms with Gasteiger partial charge in [0.1, 0.15) is 16.4 Å². The Morgan fingerprint density at radius 1 is 1.16 bits per heavy atom. The standard InChI is InChI=1S/C23H29BrN2O5S/c1-5-16-13-18(24)12-15(2)22(16)25-23(27)17-8-10-26(11-9-17)32(28,29)21-14-19(30-3)6-7-20(21)31-4/h6-7,12-14,17H,5,8-11H2,1-4H3,(H,25,27). The van der Waals surface area contributed by atoms with Gasteiger partial charge >= 0.3 is 0 Å². The molecule has 1 aliphatic heterocycles. The molecule has 0 aliphatic carbocycles. The van der Waals surface area contributed by atoms with Crippen LogP contribution in [0.1, 0.15) is 30.9 Å². The van der Waals surface area contributed by atoms with Crippen molar-refractivity contribution in [1.29, 1.82) is 0 Å². The van der Waals surface area contributed by atoms with Gasteiger partial charge in [-0.1, -0.05) is 22.9 Å². The molecule has 7 nitrogen and oxygen atoms in total. The number of carbonyl (C=O) groups excluding carboxylic acids is 1. The van der Waals surface area contributed by atoms with E-state index < -0.39 is 10.0 Å². The Morgan fingerprint density at radius 2 is 1.84 bits per heavy atom. The van der Waals surface area contributed by atoms with E-state index in [0.29, 0.717) is 18.6 Å². The molecule has 1 heterocycles. The van der Waals surface area contributed by atoms with E-state index in [1.54, 1.807) is 12.1 Å².